The first kappa shape index (κ1) is 11.6. The van der Waals surface area contributed by atoms with Gasteiger partial charge in [0.25, 0.3) is 0 Å². The fraction of sp³-hybridized carbons (Fsp3) is 0.636. The van der Waals surface area contributed by atoms with Crippen LogP contribution >= 0.6 is 15.9 Å². The van der Waals surface area contributed by atoms with Crippen molar-refractivity contribution in [2.24, 2.45) is 0 Å². The molecule has 1 aliphatic rings. The molecule has 16 heavy (non-hydrogen) atoms. The van der Waals surface area contributed by atoms with E-state index in [0.717, 1.165) is 38.0 Å². The molecule has 2 rings (SSSR count). The molecule has 88 valence electrons. The van der Waals surface area contributed by atoms with Gasteiger partial charge >= 0.3 is 0 Å². The van der Waals surface area contributed by atoms with Crippen LogP contribution < -0.4 is 0 Å². The van der Waals surface area contributed by atoms with Gasteiger partial charge in [0.15, 0.2) is 0 Å². The molecule has 0 N–H and O–H groups in total. The summed E-state index contributed by atoms with van der Waals surface area (Å²) in [5.41, 5.74) is 1.16. The van der Waals surface area contributed by atoms with E-state index in [0.29, 0.717) is 0 Å². The molecular weight excluding hydrogens is 270 g/mol. The summed E-state index contributed by atoms with van der Waals surface area (Å²) in [5.74, 6) is 0.218. The number of hydrogen-bond donors (Lipinski definition) is 0. The van der Waals surface area contributed by atoms with Crippen molar-refractivity contribution in [2.75, 3.05) is 13.1 Å². The van der Waals surface area contributed by atoms with Gasteiger partial charge in [-0.2, -0.15) is 5.10 Å². The summed E-state index contributed by atoms with van der Waals surface area (Å²) in [4.78, 5) is 13.7. The molecule has 2 heterocycles. The zero-order valence-electron chi connectivity index (χ0n) is 9.40. The van der Waals surface area contributed by atoms with Gasteiger partial charge in [-0.05, 0) is 25.3 Å². The molecule has 0 aromatic carbocycles. The molecule has 1 atom stereocenters. The van der Waals surface area contributed by atoms with Crippen molar-refractivity contribution in [3.63, 3.8) is 0 Å². The van der Waals surface area contributed by atoms with Crippen LogP contribution in [-0.4, -0.2) is 38.5 Å². The molecule has 1 aliphatic heterocycles. The molecule has 4 nitrogen and oxygen atoms in total. The summed E-state index contributed by atoms with van der Waals surface area (Å²) in [6.45, 7) is 4.42. The largest absolute Gasteiger partial charge is 0.340 e. The average Bonchev–Trinajstić information content (AvgIpc) is 2.67. The molecule has 0 radical (unpaired) electrons. The van der Waals surface area contributed by atoms with Gasteiger partial charge < -0.3 is 4.90 Å². The standard InChI is InChI=1S/C11H16BrN3O/c1-9-7-13-15(8-9)6-5-14-4-2-3-10(12)11(14)16/h7-8,10H,2-6H2,1H3. The number of hydrogen-bond acceptors (Lipinski definition) is 2. The minimum absolute atomic E-state index is 0.0145. The quantitative estimate of drug-likeness (QED) is 0.791. The highest BCUT2D eigenvalue weighted by Crippen LogP contribution is 2.18. The number of aromatic nitrogens is 2. The second-order valence-electron chi connectivity index (χ2n) is 4.22. The Balaban J connectivity index is 1.87. The van der Waals surface area contributed by atoms with E-state index < -0.39 is 0 Å². The van der Waals surface area contributed by atoms with Crippen molar-refractivity contribution in [1.82, 2.24) is 14.7 Å². The van der Waals surface area contributed by atoms with E-state index in [1.165, 1.54) is 0 Å². The first-order valence-corrected chi connectivity index (χ1v) is 6.50. The van der Waals surface area contributed by atoms with Crippen LogP contribution in [0.15, 0.2) is 12.4 Å². The summed E-state index contributed by atoms with van der Waals surface area (Å²) in [6, 6.07) is 0. The molecule has 0 saturated carbocycles. The van der Waals surface area contributed by atoms with Crippen LogP contribution in [0.3, 0.4) is 0 Å². The molecule has 1 saturated heterocycles. The van der Waals surface area contributed by atoms with Crippen LogP contribution in [0.2, 0.25) is 0 Å². The number of carbonyl (C=O) groups excluding carboxylic acids is 1. The molecule has 1 aromatic rings. The Bertz CT molecular complexity index is 377. The van der Waals surface area contributed by atoms with Gasteiger partial charge in [-0.25, -0.2) is 0 Å². The summed E-state index contributed by atoms with van der Waals surface area (Å²) in [7, 11) is 0. The Hall–Kier alpha value is -0.840. The van der Waals surface area contributed by atoms with Crippen molar-refractivity contribution in [3.05, 3.63) is 18.0 Å². The Morgan fingerprint density at radius 3 is 3.06 bits per heavy atom. The van der Waals surface area contributed by atoms with Gasteiger partial charge in [0, 0.05) is 19.3 Å². The van der Waals surface area contributed by atoms with Gasteiger partial charge in [0.05, 0.1) is 17.6 Å². The zero-order valence-corrected chi connectivity index (χ0v) is 11.0. The van der Waals surface area contributed by atoms with Crippen molar-refractivity contribution < 1.29 is 4.79 Å². The highest BCUT2D eigenvalue weighted by molar-refractivity contribution is 9.10. The van der Waals surface area contributed by atoms with Gasteiger partial charge in [-0.1, -0.05) is 15.9 Å². The average molecular weight is 286 g/mol. The van der Waals surface area contributed by atoms with Crippen LogP contribution in [0.5, 0.6) is 0 Å². The topological polar surface area (TPSA) is 38.1 Å². The number of piperidine rings is 1. The van der Waals surface area contributed by atoms with E-state index in [1.54, 1.807) is 0 Å². The number of nitrogens with zero attached hydrogens (tertiary/aromatic N) is 3. The third kappa shape index (κ3) is 2.64. The van der Waals surface area contributed by atoms with Gasteiger partial charge in [-0.15, -0.1) is 0 Å². The third-order valence-corrected chi connectivity index (χ3v) is 3.68. The van der Waals surface area contributed by atoms with Gasteiger partial charge in [-0.3, -0.25) is 9.48 Å². The lowest BCUT2D eigenvalue weighted by Crippen LogP contribution is -2.43. The zero-order chi connectivity index (χ0) is 11.5. The maximum Gasteiger partial charge on any atom is 0.236 e. The highest BCUT2D eigenvalue weighted by atomic mass is 79.9. The van der Waals surface area contributed by atoms with Crippen LogP contribution in [0.1, 0.15) is 18.4 Å². The predicted molar refractivity (Wildman–Crippen MR) is 65.5 cm³/mol. The van der Waals surface area contributed by atoms with E-state index in [-0.39, 0.29) is 10.7 Å². The minimum Gasteiger partial charge on any atom is -0.340 e. The minimum atomic E-state index is 0.0145. The summed E-state index contributed by atoms with van der Waals surface area (Å²) >= 11 is 3.41. The highest BCUT2D eigenvalue weighted by Gasteiger charge is 2.25. The first-order valence-electron chi connectivity index (χ1n) is 5.59. The molecule has 1 aromatic heterocycles. The maximum absolute atomic E-state index is 11.8. The fourth-order valence-electron chi connectivity index (χ4n) is 1.93. The van der Waals surface area contributed by atoms with Crippen LogP contribution in [0, 0.1) is 6.92 Å². The van der Waals surface area contributed by atoms with Crippen LogP contribution in [0.25, 0.3) is 0 Å². The van der Waals surface area contributed by atoms with E-state index in [1.807, 2.05) is 28.9 Å². The Labute approximate surface area is 104 Å². The molecule has 0 bridgehead atoms. The second kappa shape index (κ2) is 4.99. The predicted octanol–water partition coefficient (Wildman–Crippen LogP) is 1.58. The fourth-order valence-corrected chi connectivity index (χ4v) is 2.54. The number of carbonyl (C=O) groups is 1. The number of amides is 1. The van der Waals surface area contributed by atoms with E-state index in [4.69, 9.17) is 0 Å². The smallest absolute Gasteiger partial charge is 0.236 e. The third-order valence-electron chi connectivity index (χ3n) is 2.83. The summed E-state index contributed by atoms with van der Waals surface area (Å²) < 4.78 is 1.89. The monoisotopic (exact) mass is 285 g/mol. The van der Waals surface area contributed by atoms with Crippen molar-refractivity contribution in [3.8, 4) is 0 Å². The Morgan fingerprint density at radius 2 is 2.38 bits per heavy atom. The number of alkyl halides is 1. The Kier molecular flexibility index (Phi) is 3.63. The number of aryl methyl sites for hydroxylation is 1. The molecular formula is C11H16BrN3O. The lowest BCUT2D eigenvalue weighted by Gasteiger charge is -2.29. The van der Waals surface area contributed by atoms with Crippen molar-refractivity contribution >= 4 is 21.8 Å². The van der Waals surface area contributed by atoms with E-state index in [2.05, 4.69) is 21.0 Å². The van der Waals surface area contributed by atoms with Gasteiger partial charge in [0.1, 0.15) is 0 Å². The lowest BCUT2D eigenvalue weighted by molar-refractivity contribution is -0.132. The van der Waals surface area contributed by atoms with Gasteiger partial charge in [0.2, 0.25) is 5.91 Å². The molecule has 1 amide bonds. The molecule has 0 aliphatic carbocycles. The van der Waals surface area contributed by atoms with Crippen LogP contribution in [0.4, 0.5) is 0 Å². The molecule has 0 spiro atoms. The molecule has 1 unspecified atom stereocenters. The first-order chi connectivity index (χ1) is 7.66. The SMILES string of the molecule is Cc1cnn(CCN2CCCC(Br)C2=O)c1. The van der Waals surface area contributed by atoms with Crippen LogP contribution in [-0.2, 0) is 11.3 Å². The van der Waals surface area contributed by atoms with E-state index in [9.17, 15) is 4.79 Å². The number of halogens is 1. The molecule has 1 fully saturated rings. The van der Waals surface area contributed by atoms with E-state index >= 15 is 0 Å². The molecule has 5 heteroatoms. The summed E-state index contributed by atoms with van der Waals surface area (Å²) in [6.07, 6.45) is 5.88. The number of rotatable bonds is 3. The summed E-state index contributed by atoms with van der Waals surface area (Å²) in [5, 5.41) is 4.21. The lowest BCUT2D eigenvalue weighted by atomic mass is 10.1. The second-order valence-corrected chi connectivity index (χ2v) is 5.32. The number of likely N-dealkylation sites (tertiary alicyclic amines) is 1. The maximum atomic E-state index is 11.8. The normalized spacial score (nSPS) is 21.5. The van der Waals surface area contributed by atoms with Crippen molar-refractivity contribution in [1.29, 1.82) is 0 Å². The van der Waals surface area contributed by atoms with Crippen molar-refractivity contribution in [2.45, 2.75) is 31.1 Å². The Morgan fingerprint density at radius 1 is 1.56 bits per heavy atom.